The first-order chi connectivity index (χ1) is 14.4. The Balaban J connectivity index is 1.79. The molecule has 7 rings (SSSR count). The number of hydrogen-bond donors (Lipinski definition) is 1. The molecule has 5 aromatic rings. The SMILES string of the molecule is c1ccc2c(c1)-c1c(c3c4ccccc4[nH]c3c3ccccc13)C21CCCCC1. The van der Waals surface area contributed by atoms with Gasteiger partial charge in [-0.3, -0.25) is 0 Å². The average Bonchev–Trinajstić information content (AvgIpc) is 3.30. The number of aromatic amines is 1. The van der Waals surface area contributed by atoms with Crippen molar-refractivity contribution in [3.8, 4) is 11.1 Å². The van der Waals surface area contributed by atoms with Gasteiger partial charge in [0.05, 0.1) is 5.52 Å². The molecule has 1 nitrogen and oxygen atoms in total. The van der Waals surface area contributed by atoms with E-state index >= 15 is 0 Å². The molecule has 0 bridgehead atoms. The van der Waals surface area contributed by atoms with Crippen molar-refractivity contribution in [1.29, 1.82) is 0 Å². The molecule has 2 aliphatic rings. The van der Waals surface area contributed by atoms with Crippen LogP contribution in [0.1, 0.15) is 43.2 Å². The maximum Gasteiger partial charge on any atom is 0.0548 e. The average molecular weight is 373 g/mol. The summed E-state index contributed by atoms with van der Waals surface area (Å²) in [5, 5.41) is 5.59. The van der Waals surface area contributed by atoms with Crippen LogP contribution in [0.15, 0.2) is 72.8 Å². The number of nitrogens with one attached hydrogen (secondary N) is 1. The largest absolute Gasteiger partial charge is 0.354 e. The van der Waals surface area contributed by atoms with Gasteiger partial charge in [-0.1, -0.05) is 86.0 Å². The van der Waals surface area contributed by atoms with E-state index in [1.807, 2.05) is 0 Å². The highest BCUT2D eigenvalue weighted by Crippen LogP contribution is 2.60. The molecule has 2 aliphatic carbocycles. The fraction of sp³-hybridized carbons (Fsp3) is 0.214. The molecule has 0 unspecified atom stereocenters. The quantitative estimate of drug-likeness (QED) is 0.286. The molecule has 1 fully saturated rings. The van der Waals surface area contributed by atoms with Crippen LogP contribution >= 0.6 is 0 Å². The number of benzene rings is 4. The van der Waals surface area contributed by atoms with Gasteiger partial charge in [0.1, 0.15) is 0 Å². The molecule has 0 amide bonds. The van der Waals surface area contributed by atoms with Crippen molar-refractivity contribution >= 4 is 32.6 Å². The van der Waals surface area contributed by atoms with Gasteiger partial charge in [-0.15, -0.1) is 0 Å². The van der Waals surface area contributed by atoms with Gasteiger partial charge in [0.15, 0.2) is 0 Å². The summed E-state index contributed by atoms with van der Waals surface area (Å²) in [4.78, 5) is 3.80. The smallest absolute Gasteiger partial charge is 0.0548 e. The van der Waals surface area contributed by atoms with Crippen LogP contribution in [0.2, 0.25) is 0 Å². The Hall–Kier alpha value is -3.06. The van der Waals surface area contributed by atoms with E-state index in [9.17, 15) is 0 Å². The highest BCUT2D eigenvalue weighted by Gasteiger charge is 2.46. The lowest BCUT2D eigenvalue weighted by atomic mass is 9.67. The van der Waals surface area contributed by atoms with Gasteiger partial charge in [0.2, 0.25) is 0 Å². The maximum atomic E-state index is 3.80. The molecule has 1 saturated carbocycles. The van der Waals surface area contributed by atoms with Gasteiger partial charge < -0.3 is 4.98 Å². The predicted octanol–water partition coefficient (Wildman–Crippen LogP) is 7.70. The number of rotatable bonds is 0. The second-order valence-electron chi connectivity index (χ2n) is 8.90. The maximum absolute atomic E-state index is 3.80. The van der Waals surface area contributed by atoms with E-state index in [1.165, 1.54) is 75.8 Å². The standard InChI is InChI=1S/C28H23N/c1-8-16-28(17-9-1)22-14-6-4-12-20(22)24-18-10-2-3-11-19(18)27-25(26(24)28)21-13-5-7-15-23(21)29-27/h2-7,10-15,29H,1,8-9,16-17H2. The zero-order valence-corrected chi connectivity index (χ0v) is 16.5. The van der Waals surface area contributed by atoms with Gasteiger partial charge in [-0.2, -0.15) is 0 Å². The molecule has 29 heavy (non-hydrogen) atoms. The lowest BCUT2D eigenvalue weighted by molar-refractivity contribution is 0.355. The Bertz CT molecular complexity index is 1430. The third kappa shape index (κ3) is 1.86. The van der Waals surface area contributed by atoms with E-state index < -0.39 is 0 Å². The van der Waals surface area contributed by atoms with Crippen molar-refractivity contribution < 1.29 is 0 Å². The Morgan fingerprint density at radius 2 is 1.34 bits per heavy atom. The normalized spacial score (nSPS) is 17.2. The van der Waals surface area contributed by atoms with Crippen LogP contribution in [-0.2, 0) is 5.41 Å². The van der Waals surface area contributed by atoms with Crippen LogP contribution in [0.5, 0.6) is 0 Å². The Kier molecular flexibility index (Phi) is 3.00. The van der Waals surface area contributed by atoms with E-state index in [2.05, 4.69) is 77.8 Å². The lowest BCUT2D eigenvalue weighted by Gasteiger charge is -2.36. The molecule has 1 N–H and O–H groups in total. The third-order valence-corrected chi connectivity index (χ3v) is 7.57. The lowest BCUT2D eigenvalue weighted by Crippen LogP contribution is -2.28. The summed E-state index contributed by atoms with van der Waals surface area (Å²) in [6, 6.07) is 27.1. The topological polar surface area (TPSA) is 15.8 Å². The molecule has 1 spiro atoms. The molecule has 0 radical (unpaired) electrons. The minimum atomic E-state index is 0.164. The van der Waals surface area contributed by atoms with Crippen LogP contribution in [0.3, 0.4) is 0 Å². The fourth-order valence-corrected chi connectivity index (χ4v) is 6.47. The van der Waals surface area contributed by atoms with E-state index in [1.54, 1.807) is 11.1 Å². The van der Waals surface area contributed by atoms with E-state index in [4.69, 9.17) is 0 Å². The molecule has 1 heteroatoms. The summed E-state index contributed by atoms with van der Waals surface area (Å²) in [5.41, 5.74) is 8.86. The minimum Gasteiger partial charge on any atom is -0.354 e. The number of para-hydroxylation sites is 1. The first-order valence-electron chi connectivity index (χ1n) is 10.9. The van der Waals surface area contributed by atoms with E-state index in [0.717, 1.165) is 0 Å². The van der Waals surface area contributed by atoms with Gasteiger partial charge in [-0.05, 0) is 46.5 Å². The second-order valence-corrected chi connectivity index (χ2v) is 8.90. The van der Waals surface area contributed by atoms with E-state index in [0.29, 0.717) is 0 Å². The van der Waals surface area contributed by atoms with Crippen molar-refractivity contribution in [3.05, 3.63) is 83.9 Å². The molecule has 0 aliphatic heterocycles. The van der Waals surface area contributed by atoms with Gasteiger partial charge >= 0.3 is 0 Å². The molecule has 1 heterocycles. The fourth-order valence-electron chi connectivity index (χ4n) is 6.47. The molecular formula is C28H23N. The Morgan fingerprint density at radius 1 is 0.655 bits per heavy atom. The molecular weight excluding hydrogens is 350 g/mol. The van der Waals surface area contributed by atoms with Crippen LogP contribution in [0.25, 0.3) is 43.7 Å². The van der Waals surface area contributed by atoms with Crippen LogP contribution in [0.4, 0.5) is 0 Å². The monoisotopic (exact) mass is 373 g/mol. The Labute approximate surface area is 170 Å². The first kappa shape index (κ1) is 15.8. The van der Waals surface area contributed by atoms with E-state index in [-0.39, 0.29) is 5.41 Å². The highest BCUT2D eigenvalue weighted by molar-refractivity contribution is 6.24. The molecule has 140 valence electrons. The zero-order chi connectivity index (χ0) is 19.0. The first-order valence-corrected chi connectivity index (χ1v) is 10.9. The number of fused-ring (bicyclic) bond motifs is 12. The van der Waals surface area contributed by atoms with Crippen LogP contribution in [0, 0.1) is 0 Å². The molecule has 4 aromatic carbocycles. The third-order valence-electron chi connectivity index (χ3n) is 7.57. The predicted molar refractivity (Wildman–Crippen MR) is 123 cm³/mol. The highest BCUT2D eigenvalue weighted by atomic mass is 14.7. The molecule has 1 aromatic heterocycles. The van der Waals surface area contributed by atoms with Crippen LogP contribution in [-0.4, -0.2) is 4.98 Å². The molecule has 0 saturated heterocycles. The van der Waals surface area contributed by atoms with Gasteiger partial charge in [-0.25, -0.2) is 0 Å². The van der Waals surface area contributed by atoms with Crippen molar-refractivity contribution in [2.75, 3.05) is 0 Å². The summed E-state index contributed by atoms with van der Waals surface area (Å²) in [7, 11) is 0. The summed E-state index contributed by atoms with van der Waals surface area (Å²) in [6.07, 6.45) is 6.55. The van der Waals surface area contributed by atoms with Crippen molar-refractivity contribution in [2.45, 2.75) is 37.5 Å². The summed E-state index contributed by atoms with van der Waals surface area (Å²) in [6.45, 7) is 0. The summed E-state index contributed by atoms with van der Waals surface area (Å²) in [5.74, 6) is 0. The van der Waals surface area contributed by atoms with Crippen molar-refractivity contribution in [3.63, 3.8) is 0 Å². The summed E-state index contributed by atoms with van der Waals surface area (Å²) >= 11 is 0. The Morgan fingerprint density at radius 3 is 2.21 bits per heavy atom. The molecule has 0 atom stereocenters. The number of aromatic nitrogens is 1. The van der Waals surface area contributed by atoms with Crippen molar-refractivity contribution in [1.82, 2.24) is 4.98 Å². The van der Waals surface area contributed by atoms with Crippen LogP contribution < -0.4 is 0 Å². The van der Waals surface area contributed by atoms with Gasteiger partial charge in [0, 0.05) is 27.1 Å². The number of hydrogen-bond acceptors (Lipinski definition) is 0. The summed E-state index contributed by atoms with van der Waals surface area (Å²) < 4.78 is 0. The second kappa shape index (κ2) is 5.51. The minimum absolute atomic E-state index is 0.164. The number of H-pyrrole nitrogens is 1. The van der Waals surface area contributed by atoms with Gasteiger partial charge in [0.25, 0.3) is 0 Å². The zero-order valence-electron chi connectivity index (χ0n) is 16.5. The van der Waals surface area contributed by atoms with Crippen molar-refractivity contribution in [2.24, 2.45) is 0 Å².